The summed E-state index contributed by atoms with van der Waals surface area (Å²) in [4.78, 5) is 15.1. The summed E-state index contributed by atoms with van der Waals surface area (Å²) < 4.78 is 44.5. The molecule has 1 heterocycles. The monoisotopic (exact) mass is 313 g/mol. The third-order valence-corrected chi connectivity index (χ3v) is 2.17. The van der Waals surface area contributed by atoms with Gasteiger partial charge in [-0.05, 0) is 28.9 Å². The highest BCUT2D eigenvalue weighted by atomic mass is 79.9. The van der Waals surface area contributed by atoms with Crippen molar-refractivity contribution in [1.82, 2.24) is 4.98 Å². The Morgan fingerprint density at radius 2 is 2.18 bits per heavy atom. The molecule has 1 aromatic heterocycles. The summed E-state index contributed by atoms with van der Waals surface area (Å²) in [5.41, 5.74) is -0.397. The summed E-state index contributed by atoms with van der Waals surface area (Å²) in [7, 11) is 0. The van der Waals surface area contributed by atoms with Crippen LogP contribution in [-0.4, -0.2) is 23.9 Å². The van der Waals surface area contributed by atoms with Gasteiger partial charge in [0.1, 0.15) is 15.9 Å². The van der Waals surface area contributed by atoms with Crippen molar-refractivity contribution >= 4 is 21.9 Å². The summed E-state index contributed by atoms with van der Waals surface area (Å²) in [5, 5.41) is 0. The normalized spacial score (nSPS) is 11.1. The molecule has 0 saturated heterocycles. The lowest BCUT2D eigenvalue weighted by atomic mass is 10.2. The standard InChI is InChI=1S/C9H7BrF3NO3/c1-2-16-8(15)6-5(17-9(11,12)13)3-4-14-7(6)10/h3-4H,2H2,1H3. The van der Waals surface area contributed by atoms with Crippen molar-refractivity contribution in [3.8, 4) is 5.75 Å². The maximum atomic E-state index is 12.1. The topological polar surface area (TPSA) is 48.4 Å². The van der Waals surface area contributed by atoms with E-state index < -0.39 is 23.6 Å². The van der Waals surface area contributed by atoms with Gasteiger partial charge in [0.2, 0.25) is 0 Å². The van der Waals surface area contributed by atoms with Gasteiger partial charge in [-0.25, -0.2) is 9.78 Å². The van der Waals surface area contributed by atoms with Gasteiger partial charge in [-0.1, -0.05) is 0 Å². The third-order valence-electron chi connectivity index (χ3n) is 1.57. The van der Waals surface area contributed by atoms with Crippen molar-refractivity contribution in [2.75, 3.05) is 6.61 Å². The first kappa shape index (κ1) is 13.8. The molecule has 0 unspecified atom stereocenters. The molecular weight excluding hydrogens is 307 g/mol. The van der Waals surface area contributed by atoms with Gasteiger partial charge in [-0.15, -0.1) is 13.2 Å². The zero-order valence-electron chi connectivity index (χ0n) is 8.55. The minimum atomic E-state index is -4.89. The molecule has 94 valence electrons. The van der Waals surface area contributed by atoms with E-state index in [4.69, 9.17) is 0 Å². The van der Waals surface area contributed by atoms with E-state index in [1.807, 2.05) is 0 Å². The van der Waals surface area contributed by atoms with E-state index in [-0.39, 0.29) is 11.2 Å². The van der Waals surface area contributed by atoms with Crippen LogP contribution in [-0.2, 0) is 4.74 Å². The molecule has 0 radical (unpaired) electrons. The van der Waals surface area contributed by atoms with Crippen LogP contribution >= 0.6 is 15.9 Å². The van der Waals surface area contributed by atoms with Crippen LogP contribution in [0.15, 0.2) is 16.9 Å². The Hall–Kier alpha value is -1.31. The van der Waals surface area contributed by atoms with Crippen LogP contribution in [0.5, 0.6) is 5.75 Å². The number of halogens is 4. The fourth-order valence-corrected chi connectivity index (χ4v) is 1.49. The number of hydrogen-bond acceptors (Lipinski definition) is 4. The van der Waals surface area contributed by atoms with Crippen molar-refractivity contribution in [3.63, 3.8) is 0 Å². The summed E-state index contributed by atoms with van der Waals surface area (Å²) in [6, 6.07) is 0.935. The zero-order valence-corrected chi connectivity index (χ0v) is 10.1. The van der Waals surface area contributed by atoms with Gasteiger partial charge in [-0.2, -0.15) is 0 Å². The second-order valence-electron chi connectivity index (χ2n) is 2.74. The molecule has 0 saturated carbocycles. The van der Waals surface area contributed by atoms with Crippen LogP contribution in [0.25, 0.3) is 0 Å². The Morgan fingerprint density at radius 3 is 2.71 bits per heavy atom. The molecule has 0 N–H and O–H groups in total. The Bertz CT molecular complexity index is 422. The van der Waals surface area contributed by atoms with Gasteiger partial charge >= 0.3 is 12.3 Å². The number of alkyl halides is 3. The van der Waals surface area contributed by atoms with Gasteiger partial charge in [-0.3, -0.25) is 0 Å². The minimum absolute atomic E-state index is 0.0334. The number of ether oxygens (including phenoxy) is 2. The Kier molecular flexibility index (Phi) is 4.33. The predicted molar refractivity (Wildman–Crippen MR) is 54.6 cm³/mol. The van der Waals surface area contributed by atoms with Crippen molar-refractivity contribution in [1.29, 1.82) is 0 Å². The average molecular weight is 314 g/mol. The van der Waals surface area contributed by atoms with Crippen molar-refractivity contribution < 1.29 is 27.4 Å². The average Bonchev–Trinajstić information content (AvgIpc) is 2.15. The molecule has 0 fully saturated rings. The molecule has 8 heteroatoms. The fraction of sp³-hybridized carbons (Fsp3) is 0.333. The van der Waals surface area contributed by atoms with Crippen LogP contribution in [0, 0.1) is 0 Å². The van der Waals surface area contributed by atoms with E-state index in [1.165, 1.54) is 6.92 Å². The first-order valence-corrected chi connectivity index (χ1v) is 5.22. The molecule has 1 rings (SSSR count). The number of carbonyl (C=O) groups is 1. The molecule has 0 bridgehead atoms. The predicted octanol–water partition coefficient (Wildman–Crippen LogP) is 2.92. The summed E-state index contributed by atoms with van der Waals surface area (Å²) in [6.45, 7) is 1.57. The summed E-state index contributed by atoms with van der Waals surface area (Å²) in [6.07, 6.45) is -3.81. The third kappa shape index (κ3) is 3.88. The van der Waals surface area contributed by atoms with Crippen molar-refractivity contribution in [2.45, 2.75) is 13.3 Å². The number of pyridine rings is 1. The van der Waals surface area contributed by atoms with Crippen LogP contribution in [0.2, 0.25) is 0 Å². The molecule has 0 aliphatic heterocycles. The Labute approximate surface area is 103 Å². The van der Waals surface area contributed by atoms with E-state index in [2.05, 4.69) is 30.4 Å². The van der Waals surface area contributed by atoms with Crippen LogP contribution in [0.3, 0.4) is 0 Å². The van der Waals surface area contributed by atoms with E-state index >= 15 is 0 Å². The van der Waals surface area contributed by atoms with Crippen LogP contribution < -0.4 is 4.74 Å². The number of hydrogen-bond donors (Lipinski definition) is 0. The molecule has 0 spiro atoms. The minimum Gasteiger partial charge on any atom is -0.462 e. The van der Waals surface area contributed by atoms with Gasteiger partial charge in [0.15, 0.2) is 0 Å². The largest absolute Gasteiger partial charge is 0.573 e. The zero-order chi connectivity index (χ0) is 13.1. The maximum absolute atomic E-state index is 12.1. The molecule has 4 nitrogen and oxygen atoms in total. The van der Waals surface area contributed by atoms with Gasteiger partial charge in [0, 0.05) is 6.20 Å². The van der Waals surface area contributed by atoms with Crippen molar-refractivity contribution in [3.05, 3.63) is 22.4 Å². The quantitative estimate of drug-likeness (QED) is 0.636. The van der Waals surface area contributed by atoms with Gasteiger partial charge < -0.3 is 9.47 Å². The van der Waals surface area contributed by atoms with Crippen LogP contribution in [0.4, 0.5) is 13.2 Å². The number of nitrogens with zero attached hydrogens (tertiary/aromatic N) is 1. The maximum Gasteiger partial charge on any atom is 0.573 e. The SMILES string of the molecule is CCOC(=O)c1c(OC(F)(F)F)ccnc1Br. The first-order valence-electron chi connectivity index (χ1n) is 4.42. The number of aromatic nitrogens is 1. The molecule has 0 aromatic carbocycles. The first-order chi connectivity index (χ1) is 7.85. The lowest BCUT2D eigenvalue weighted by Crippen LogP contribution is -2.20. The molecule has 0 amide bonds. The number of carbonyl (C=O) groups excluding carboxylic acids is 1. The van der Waals surface area contributed by atoms with E-state index in [0.29, 0.717) is 0 Å². The lowest BCUT2D eigenvalue weighted by molar-refractivity contribution is -0.274. The second-order valence-corrected chi connectivity index (χ2v) is 3.49. The molecule has 0 aliphatic carbocycles. The number of rotatable bonds is 3. The second kappa shape index (κ2) is 5.35. The smallest absolute Gasteiger partial charge is 0.462 e. The molecular formula is C9H7BrF3NO3. The van der Waals surface area contributed by atoms with E-state index in [0.717, 1.165) is 12.3 Å². The fourth-order valence-electron chi connectivity index (χ4n) is 1.02. The Morgan fingerprint density at radius 1 is 1.53 bits per heavy atom. The molecule has 0 atom stereocenters. The highest BCUT2D eigenvalue weighted by Crippen LogP contribution is 2.30. The number of esters is 1. The van der Waals surface area contributed by atoms with Crippen molar-refractivity contribution in [2.24, 2.45) is 0 Å². The van der Waals surface area contributed by atoms with E-state index in [1.54, 1.807) is 0 Å². The van der Waals surface area contributed by atoms with Gasteiger partial charge in [0.05, 0.1) is 6.61 Å². The van der Waals surface area contributed by atoms with E-state index in [9.17, 15) is 18.0 Å². The Balaban J connectivity index is 3.13. The summed E-state index contributed by atoms with van der Waals surface area (Å²) >= 11 is 2.87. The van der Waals surface area contributed by atoms with Crippen LogP contribution in [0.1, 0.15) is 17.3 Å². The highest BCUT2D eigenvalue weighted by Gasteiger charge is 2.34. The molecule has 17 heavy (non-hydrogen) atoms. The lowest BCUT2D eigenvalue weighted by Gasteiger charge is -2.12. The summed E-state index contributed by atoms with van der Waals surface area (Å²) in [5.74, 6) is -1.59. The molecule has 0 aliphatic rings. The molecule has 1 aromatic rings. The van der Waals surface area contributed by atoms with Gasteiger partial charge in [0.25, 0.3) is 0 Å². The highest BCUT2D eigenvalue weighted by molar-refractivity contribution is 9.10.